The molecule has 156 valence electrons. The van der Waals surface area contributed by atoms with Crippen LogP contribution >= 0.6 is 15.9 Å². The minimum absolute atomic E-state index is 0.0118. The van der Waals surface area contributed by atoms with Crippen molar-refractivity contribution in [2.45, 2.75) is 19.4 Å². The molecule has 7 nitrogen and oxygen atoms in total. The zero-order valence-corrected chi connectivity index (χ0v) is 18.3. The number of nitrogens with zero attached hydrogens (tertiary/aromatic N) is 3. The van der Waals surface area contributed by atoms with Crippen molar-refractivity contribution >= 4 is 27.5 Å². The lowest BCUT2D eigenvalue weighted by atomic mass is 9.96. The highest BCUT2D eigenvalue weighted by Gasteiger charge is 2.26. The lowest BCUT2D eigenvalue weighted by Gasteiger charge is -2.30. The monoisotopic (exact) mass is 470 g/mol. The lowest BCUT2D eigenvalue weighted by Crippen LogP contribution is -2.37. The zero-order valence-electron chi connectivity index (χ0n) is 16.7. The van der Waals surface area contributed by atoms with Crippen LogP contribution in [0.3, 0.4) is 0 Å². The molecule has 1 fully saturated rings. The highest BCUT2D eigenvalue weighted by Crippen LogP contribution is 2.23. The van der Waals surface area contributed by atoms with Crippen LogP contribution in [-0.2, 0) is 11.3 Å². The van der Waals surface area contributed by atoms with E-state index >= 15 is 0 Å². The number of hydrogen-bond donors (Lipinski definition) is 1. The number of nitrogens with one attached hydrogen (secondary N) is 1. The van der Waals surface area contributed by atoms with Gasteiger partial charge in [-0.1, -0.05) is 27.2 Å². The second kappa shape index (κ2) is 9.40. The molecule has 1 aliphatic heterocycles. The van der Waals surface area contributed by atoms with Crippen LogP contribution in [0.2, 0.25) is 0 Å². The number of halogens is 1. The predicted octanol–water partition coefficient (Wildman–Crippen LogP) is 4.36. The van der Waals surface area contributed by atoms with E-state index in [1.807, 2.05) is 48.5 Å². The molecule has 1 saturated heterocycles. The van der Waals surface area contributed by atoms with Gasteiger partial charge in [0.1, 0.15) is 5.75 Å². The molecular formula is C22H23BrN4O3. The Morgan fingerprint density at radius 2 is 2.00 bits per heavy atom. The van der Waals surface area contributed by atoms with Crippen LogP contribution in [-0.4, -0.2) is 41.1 Å². The number of hydrogen-bond acceptors (Lipinski definition) is 6. The van der Waals surface area contributed by atoms with Crippen LogP contribution in [0.5, 0.6) is 5.75 Å². The average molecular weight is 471 g/mol. The van der Waals surface area contributed by atoms with Crippen LogP contribution in [0.1, 0.15) is 18.7 Å². The predicted molar refractivity (Wildman–Crippen MR) is 117 cm³/mol. The van der Waals surface area contributed by atoms with Crippen molar-refractivity contribution < 1.29 is 14.1 Å². The number of aromatic nitrogens is 2. The first kappa shape index (κ1) is 20.6. The summed E-state index contributed by atoms with van der Waals surface area (Å²) in [5.74, 6) is 2.02. The van der Waals surface area contributed by atoms with E-state index in [0.717, 1.165) is 47.4 Å². The van der Waals surface area contributed by atoms with Crippen LogP contribution in [0.4, 0.5) is 5.69 Å². The summed E-state index contributed by atoms with van der Waals surface area (Å²) < 4.78 is 11.5. The third-order valence-electron chi connectivity index (χ3n) is 5.23. The molecule has 0 atom stereocenters. The van der Waals surface area contributed by atoms with Gasteiger partial charge in [0.05, 0.1) is 13.7 Å². The van der Waals surface area contributed by atoms with E-state index in [1.54, 1.807) is 7.11 Å². The molecule has 0 aliphatic carbocycles. The van der Waals surface area contributed by atoms with Gasteiger partial charge in [0.2, 0.25) is 17.6 Å². The second-order valence-electron chi connectivity index (χ2n) is 7.29. The molecule has 0 bridgehead atoms. The number of piperidine rings is 1. The standard InChI is InChI=1S/C22H23BrN4O3/c1-29-19-7-5-15(6-8-19)21-25-20(30-26-21)14-27-11-9-16(10-12-27)22(28)24-18-4-2-3-17(23)13-18/h2-8,13,16H,9-12,14H2,1H3,(H,24,28). The molecule has 1 aliphatic rings. The minimum Gasteiger partial charge on any atom is -0.497 e. The van der Waals surface area contributed by atoms with Gasteiger partial charge in [0.15, 0.2) is 0 Å². The Kier molecular flexibility index (Phi) is 6.44. The molecule has 0 unspecified atom stereocenters. The Morgan fingerprint density at radius 1 is 1.23 bits per heavy atom. The summed E-state index contributed by atoms with van der Waals surface area (Å²) in [4.78, 5) is 19.3. The Balaban J connectivity index is 1.28. The summed E-state index contributed by atoms with van der Waals surface area (Å²) in [7, 11) is 1.63. The maximum Gasteiger partial charge on any atom is 0.241 e. The molecule has 0 radical (unpaired) electrons. The SMILES string of the molecule is COc1ccc(-c2noc(CN3CCC(C(=O)Nc4cccc(Br)c4)CC3)n2)cc1. The summed E-state index contributed by atoms with van der Waals surface area (Å²) in [6.45, 7) is 2.22. The summed E-state index contributed by atoms with van der Waals surface area (Å²) in [5.41, 5.74) is 1.70. The van der Waals surface area contributed by atoms with Crippen LogP contribution in [0.15, 0.2) is 57.5 Å². The quantitative estimate of drug-likeness (QED) is 0.576. The van der Waals surface area contributed by atoms with E-state index in [1.165, 1.54) is 0 Å². The fourth-order valence-electron chi connectivity index (χ4n) is 3.53. The highest BCUT2D eigenvalue weighted by molar-refractivity contribution is 9.10. The van der Waals surface area contributed by atoms with Crippen LogP contribution < -0.4 is 10.1 Å². The number of carbonyl (C=O) groups is 1. The zero-order chi connectivity index (χ0) is 20.9. The smallest absolute Gasteiger partial charge is 0.241 e. The first-order valence-corrected chi connectivity index (χ1v) is 10.7. The lowest BCUT2D eigenvalue weighted by molar-refractivity contribution is -0.121. The van der Waals surface area contributed by atoms with E-state index in [0.29, 0.717) is 18.3 Å². The van der Waals surface area contributed by atoms with Gasteiger partial charge in [-0.3, -0.25) is 9.69 Å². The molecule has 1 aromatic heterocycles. The van der Waals surface area contributed by atoms with Gasteiger partial charge in [-0.25, -0.2) is 0 Å². The van der Waals surface area contributed by atoms with Crippen LogP contribution in [0, 0.1) is 5.92 Å². The van der Waals surface area contributed by atoms with Gasteiger partial charge in [0.25, 0.3) is 0 Å². The third kappa shape index (κ3) is 5.06. The van der Waals surface area contributed by atoms with E-state index < -0.39 is 0 Å². The Morgan fingerprint density at radius 3 is 2.70 bits per heavy atom. The topological polar surface area (TPSA) is 80.5 Å². The summed E-state index contributed by atoms with van der Waals surface area (Å²) in [5, 5.41) is 7.09. The van der Waals surface area contributed by atoms with Crippen molar-refractivity contribution in [1.82, 2.24) is 15.0 Å². The molecule has 30 heavy (non-hydrogen) atoms. The third-order valence-corrected chi connectivity index (χ3v) is 5.72. The summed E-state index contributed by atoms with van der Waals surface area (Å²) in [6.07, 6.45) is 1.61. The normalized spacial score (nSPS) is 15.1. The molecule has 0 spiro atoms. The Hall–Kier alpha value is -2.71. The molecule has 8 heteroatoms. The molecule has 2 aromatic carbocycles. The van der Waals surface area contributed by atoms with Gasteiger partial charge >= 0.3 is 0 Å². The maximum absolute atomic E-state index is 12.6. The largest absolute Gasteiger partial charge is 0.497 e. The number of benzene rings is 2. The number of likely N-dealkylation sites (tertiary alicyclic amines) is 1. The Labute approximate surface area is 183 Å². The van der Waals surface area contributed by atoms with Crippen molar-refractivity contribution in [2.24, 2.45) is 5.92 Å². The van der Waals surface area contributed by atoms with Crippen molar-refractivity contribution in [3.63, 3.8) is 0 Å². The van der Waals surface area contributed by atoms with E-state index in [9.17, 15) is 4.79 Å². The van der Waals surface area contributed by atoms with Gasteiger partial charge < -0.3 is 14.6 Å². The van der Waals surface area contributed by atoms with Crippen molar-refractivity contribution in [3.8, 4) is 17.1 Å². The fourth-order valence-corrected chi connectivity index (χ4v) is 3.93. The van der Waals surface area contributed by atoms with Crippen molar-refractivity contribution in [3.05, 3.63) is 58.9 Å². The van der Waals surface area contributed by atoms with Gasteiger partial charge in [-0.05, 0) is 68.4 Å². The Bertz CT molecular complexity index is 998. The molecule has 4 rings (SSSR count). The molecular weight excluding hydrogens is 448 g/mol. The van der Waals surface area contributed by atoms with Crippen molar-refractivity contribution in [2.75, 3.05) is 25.5 Å². The van der Waals surface area contributed by atoms with Crippen molar-refractivity contribution in [1.29, 1.82) is 0 Å². The molecule has 0 saturated carbocycles. The number of ether oxygens (including phenoxy) is 1. The van der Waals surface area contributed by atoms with Gasteiger partial charge in [0, 0.05) is 21.6 Å². The first-order chi connectivity index (χ1) is 14.6. The number of amides is 1. The van der Waals surface area contributed by atoms with E-state index in [-0.39, 0.29) is 11.8 Å². The number of carbonyl (C=O) groups excluding carboxylic acids is 1. The molecule has 3 aromatic rings. The second-order valence-corrected chi connectivity index (χ2v) is 8.21. The molecule has 1 N–H and O–H groups in total. The van der Waals surface area contributed by atoms with E-state index in [4.69, 9.17) is 9.26 Å². The van der Waals surface area contributed by atoms with E-state index in [2.05, 4.69) is 36.3 Å². The number of methoxy groups -OCH3 is 1. The molecule has 1 amide bonds. The maximum atomic E-state index is 12.6. The fraction of sp³-hybridized carbons (Fsp3) is 0.318. The minimum atomic E-state index is 0.0118. The number of rotatable bonds is 6. The number of anilines is 1. The average Bonchev–Trinajstić information content (AvgIpc) is 3.23. The molecule has 2 heterocycles. The first-order valence-electron chi connectivity index (χ1n) is 9.86. The summed E-state index contributed by atoms with van der Waals surface area (Å²) >= 11 is 3.43. The van der Waals surface area contributed by atoms with Gasteiger partial charge in [-0.2, -0.15) is 4.98 Å². The summed E-state index contributed by atoms with van der Waals surface area (Å²) in [6, 6.07) is 15.2. The van der Waals surface area contributed by atoms with Crippen LogP contribution in [0.25, 0.3) is 11.4 Å². The highest BCUT2D eigenvalue weighted by atomic mass is 79.9. The van der Waals surface area contributed by atoms with Gasteiger partial charge in [-0.15, -0.1) is 0 Å².